The van der Waals surface area contributed by atoms with Gasteiger partial charge in [0.25, 0.3) is 0 Å². The van der Waals surface area contributed by atoms with Crippen molar-refractivity contribution in [3.05, 3.63) is 46.3 Å². The number of rotatable bonds is 6. The molecule has 24 heavy (non-hydrogen) atoms. The van der Waals surface area contributed by atoms with Gasteiger partial charge in [0.15, 0.2) is 11.6 Å². The van der Waals surface area contributed by atoms with Crippen LogP contribution < -0.4 is 4.74 Å². The molecule has 0 bridgehead atoms. The van der Waals surface area contributed by atoms with Crippen LogP contribution in [0.5, 0.6) is 5.75 Å². The Bertz CT molecular complexity index is 742. The maximum absolute atomic E-state index is 13.9. The molecule has 1 aromatic heterocycles. The fraction of sp³-hybridized carbons (Fsp3) is 0.375. The molecule has 0 aliphatic carbocycles. The molecule has 1 aromatic carbocycles. The Kier molecular flexibility index (Phi) is 5.18. The molecular formula is C16H19F2N3O3. The number of hydrogen-bond acceptors (Lipinski definition) is 4. The molecule has 2 aromatic rings. The van der Waals surface area contributed by atoms with Gasteiger partial charge in [-0.25, -0.2) is 8.78 Å². The molecule has 1 heterocycles. The summed E-state index contributed by atoms with van der Waals surface area (Å²) < 4.78 is 32.5. The summed E-state index contributed by atoms with van der Waals surface area (Å²) in [6.45, 7) is 3.86. The van der Waals surface area contributed by atoms with Crippen molar-refractivity contribution in [2.75, 3.05) is 14.2 Å². The van der Waals surface area contributed by atoms with Crippen molar-refractivity contribution in [1.29, 1.82) is 0 Å². The number of hydrogen-bond donors (Lipinski definition) is 2. The lowest BCUT2D eigenvalue weighted by Crippen LogP contribution is -2.31. The predicted molar refractivity (Wildman–Crippen MR) is 82.8 cm³/mol. The normalized spacial score (nSPS) is 12.5. The number of nitrogens with zero attached hydrogens (tertiary/aromatic N) is 2. The molecule has 2 N–H and O–H groups in total. The van der Waals surface area contributed by atoms with Gasteiger partial charge in [0.2, 0.25) is 0 Å². The first kappa shape index (κ1) is 17.9. The number of aliphatic carboxylic acids is 1. The van der Waals surface area contributed by atoms with E-state index in [0.29, 0.717) is 6.07 Å². The molecule has 0 aliphatic heterocycles. The summed E-state index contributed by atoms with van der Waals surface area (Å²) >= 11 is 0. The SMILES string of the molecule is COc1c(F)cc(F)cc1C(C(=O)O)N(C)Cc1c(C)n[nH]c1C. The fourth-order valence-electron chi connectivity index (χ4n) is 2.71. The molecular weight excluding hydrogens is 320 g/mol. The highest BCUT2D eigenvalue weighted by Gasteiger charge is 2.30. The van der Waals surface area contributed by atoms with Gasteiger partial charge in [-0.1, -0.05) is 0 Å². The first-order valence-corrected chi connectivity index (χ1v) is 7.22. The number of carbonyl (C=O) groups is 1. The smallest absolute Gasteiger partial charge is 0.325 e. The third-order valence-electron chi connectivity index (χ3n) is 3.90. The van der Waals surface area contributed by atoms with Crippen molar-refractivity contribution >= 4 is 5.97 Å². The number of halogens is 2. The zero-order chi connectivity index (χ0) is 18.0. The number of methoxy groups -OCH3 is 1. The summed E-state index contributed by atoms with van der Waals surface area (Å²) in [5, 5.41) is 16.5. The van der Waals surface area contributed by atoms with Crippen LogP contribution in [0.1, 0.15) is 28.6 Å². The van der Waals surface area contributed by atoms with E-state index in [9.17, 15) is 18.7 Å². The number of likely N-dealkylation sites (N-methyl/N-ethyl adjacent to an activating group) is 1. The number of ether oxygens (including phenoxy) is 1. The Morgan fingerprint density at radius 2 is 2.08 bits per heavy atom. The van der Waals surface area contributed by atoms with Crippen molar-refractivity contribution in [2.45, 2.75) is 26.4 Å². The topological polar surface area (TPSA) is 78.5 Å². The maximum Gasteiger partial charge on any atom is 0.325 e. The van der Waals surface area contributed by atoms with Gasteiger partial charge in [-0.2, -0.15) is 5.10 Å². The Hall–Kier alpha value is -2.48. The first-order valence-electron chi connectivity index (χ1n) is 7.22. The molecule has 1 atom stereocenters. The Morgan fingerprint density at radius 1 is 1.42 bits per heavy atom. The number of nitrogens with one attached hydrogen (secondary N) is 1. The van der Waals surface area contributed by atoms with Crippen molar-refractivity contribution in [3.63, 3.8) is 0 Å². The highest BCUT2D eigenvalue weighted by atomic mass is 19.1. The molecule has 1 unspecified atom stereocenters. The monoisotopic (exact) mass is 339 g/mol. The number of H-pyrrole nitrogens is 1. The zero-order valence-electron chi connectivity index (χ0n) is 13.9. The number of benzene rings is 1. The molecule has 0 radical (unpaired) electrons. The lowest BCUT2D eigenvalue weighted by Gasteiger charge is -2.26. The Morgan fingerprint density at radius 3 is 2.58 bits per heavy atom. The summed E-state index contributed by atoms with van der Waals surface area (Å²) in [5.74, 6) is -3.32. The van der Waals surface area contributed by atoms with Gasteiger partial charge in [0.1, 0.15) is 11.9 Å². The van der Waals surface area contributed by atoms with Crippen LogP contribution in [-0.4, -0.2) is 40.3 Å². The lowest BCUT2D eigenvalue weighted by atomic mass is 10.0. The van der Waals surface area contributed by atoms with Crippen LogP contribution in [0.4, 0.5) is 8.78 Å². The molecule has 8 heteroatoms. The van der Waals surface area contributed by atoms with E-state index in [1.54, 1.807) is 14.0 Å². The largest absolute Gasteiger partial charge is 0.493 e. The molecule has 0 fully saturated rings. The highest BCUT2D eigenvalue weighted by molar-refractivity contribution is 5.76. The average molecular weight is 339 g/mol. The quantitative estimate of drug-likeness (QED) is 0.846. The van der Waals surface area contributed by atoms with E-state index in [1.807, 2.05) is 6.92 Å². The summed E-state index contributed by atoms with van der Waals surface area (Å²) in [5.41, 5.74) is 2.30. The van der Waals surface area contributed by atoms with Crippen LogP contribution in [0.25, 0.3) is 0 Å². The predicted octanol–water partition coefficient (Wildman–Crippen LogP) is 2.57. The van der Waals surface area contributed by atoms with Gasteiger partial charge < -0.3 is 9.84 Å². The highest BCUT2D eigenvalue weighted by Crippen LogP contribution is 2.33. The van der Waals surface area contributed by atoms with E-state index in [0.717, 1.165) is 23.0 Å². The van der Waals surface area contributed by atoms with E-state index in [-0.39, 0.29) is 17.9 Å². The second-order valence-corrected chi connectivity index (χ2v) is 5.58. The van der Waals surface area contributed by atoms with Gasteiger partial charge in [-0.05, 0) is 27.0 Å². The summed E-state index contributed by atoms with van der Waals surface area (Å²) in [4.78, 5) is 13.2. The zero-order valence-corrected chi connectivity index (χ0v) is 13.9. The van der Waals surface area contributed by atoms with Crippen molar-refractivity contribution < 1.29 is 23.4 Å². The Labute approximate surface area is 138 Å². The first-order chi connectivity index (χ1) is 11.3. The molecule has 0 amide bonds. The Balaban J connectivity index is 2.45. The van der Waals surface area contributed by atoms with Gasteiger partial charge >= 0.3 is 5.97 Å². The van der Waals surface area contributed by atoms with Crippen molar-refractivity contribution in [1.82, 2.24) is 15.1 Å². The number of carboxylic acid groups (broad SMARTS) is 1. The van der Waals surface area contributed by atoms with E-state index in [4.69, 9.17) is 4.74 Å². The van der Waals surface area contributed by atoms with Crippen LogP contribution >= 0.6 is 0 Å². The van der Waals surface area contributed by atoms with Gasteiger partial charge in [0, 0.05) is 29.4 Å². The van der Waals surface area contributed by atoms with Gasteiger partial charge in [-0.3, -0.25) is 14.8 Å². The van der Waals surface area contributed by atoms with Crippen molar-refractivity contribution in [3.8, 4) is 5.75 Å². The third kappa shape index (κ3) is 3.38. The molecule has 0 spiro atoms. The van der Waals surface area contributed by atoms with Crippen LogP contribution in [-0.2, 0) is 11.3 Å². The molecule has 0 saturated heterocycles. The summed E-state index contributed by atoms with van der Waals surface area (Å²) in [6, 6.07) is 0.358. The molecule has 2 rings (SSSR count). The van der Waals surface area contributed by atoms with Gasteiger partial charge in [-0.15, -0.1) is 0 Å². The van der Waals surface area contributed by atoms with E-state index < -0.39 is 23.6 Å². The molecule has 6 nitrogen and oxygen atoms in total. The number of carboxylic acids is 1. The fourth-order valence-corrected chi connectivity index (χ4v) is 2.71. The van der Waals surface area contributed by atoms with Crippen LogP contribution in [0.3, 0.4) is 0 Å². The summed E-state index contributed by atoms with van der Waals surface area (Å²) in [6.07, 6.45) is 0. The number of aryl methyl sites for hydroxylation is 2. The van der Waals surface area contributed by atoms with Gasteiger partial charge in [0.05, 0.1) is 12.8 Å². The van der Waals surface area contributed by atoms with Crippen molar-refractivity contribution in [2.24, 2.45) is 0 Å². The standard InChI is InChI=1S/C16H19F2N3O3/c1-8-12(9(2)20-19-8)7-21(3)14(16(22)23)11-5-10(17)6-13(18)15(11)24-4/h5-6,14H,7H2,1-4H3,(H,19,20)(H,22,23). The average Bonchev–Trinajstić information content (AvgIpc) is 2.78. The third-order valence-corrected chi connectivity index (χ3v) is 3.90. The number of aromatic amines is 1. The van der Waals surface area contributed by atoms with Crippen LogP contribution in [0, 0.1) is 25.5 Å². The van der Waals surface area contributed by atoms with Crippen LogP contribution in [0.15, 0.2) is 12.1 Å². The maximum atomic E-state index is 13.9. The molecule has 130 valence electrons. The minimum Gasteiger partial charge on any atom is -0.493 e. The van der Waals surface area contributed by atoms with E-state index in [1.165, 1.54) is 12.0 Å². The minimum atomic E-state index is -1.28. The second kappa shape index (κ2) is 6.96. The number of aromatic nitrogens is 2. The minimum absolute atomic E-state index is 0.0798. The van der Waals surface area contributed by atoms with Crippen LogP contribution in [0.2, 0.25) is 0 Å². The molecule has 0 saturated carbocycles. The van der Waals surface area contributed by atoms with E-state index in [2.05, 4.69) is 10.2 Å². The second-order valence-electron chi connectivity index (χ2n) is 5.58. The molecule has 0 aliphatic rings. The lowest BCUT2D eigenvalue weighted by molar-refractivity contribution is -0.143. The summed E-state index contributed by atoms with van der Waals surface area (Å²) in [7, 11) is 2.77. The van der Waals surface area contributed by atoms with E-state index >= 15 is 0 Å².